The Hall–Kier alpha value is -3.49. The topological polar surface area (TPSA) is 118 Å². The lowest BCUT2D eigenvalue weighted by Crippen LogP contribution is -2.50. The molecule has 0 fully saturated rings. The van der Waals surface area contributed by atoms with Crippen LogP contribution in [0.1, 0.15) is 37.9 Å². The average Bonchev–Trinajstić information content (AvgIpc) is 3.11. The third-order valence-electron chi connectivity index (χ3n) is 5.74. The van der Waals surface area contributed by atoms with E-state index in [1.165, 1.54) is 16.7 Å². The van der Waals surface area contributed by atoms with Gasteiger partial charge < -0.3 is 19.8 Å². The number of carbonyl (C=O) groups excluding carboxylic acids is 1. The maximum Gasteiger partial charge on any atom is 0.269 e. The van der Waals surface area contributed by atoms with Gasteiger partial charge in [0, 0.05) is 25.2 Å². The number of non-ortho nitro benzene ring substituents is 1. The fraction of sp³-hybridized carbons (Fsp3) is 0.381. The number of aromatic hydroxyl groups is 2. The number of nitro groups is 1. The summed E-state index contributed by atoms with van der Waals surface area (Å²) in [5.74, 6) is -0.276. The summed E-state index contributed by atoms with van der Waals surface area (Å²) in [6.07, 6.45) is 1.97. The molecule has 0 spiro atoms. The Bertz CT molecular complexity index is 1070. The minimum atomic E-state index is -0.917. The van der Waals surface area contributed by atoms with E-state index in [0.29, 0.717) is 24.2 Å². The summed E-state index contributed by atoms with van der Waals surface area (Å²) in [5, 5.41) is 32.1. The quantitative estimate of drug-likeness (QED) is 0.452. The Kier molecular flexibility index (Phi) is 4.48. The zero-order valence-electron chi connectivity index (χ0n) is 17.0. The number of nitrogens with zero attached hydrogens (tertiary/aromatic N) is 3. The van der Waals surface area contributed by atoms with E-state index in [1.807, 2.05) is 19.9 Å². The number of fused-ring (bicyclic) bond motifs is 3. The van der Waals surface area contributed by atoms with E-state index in [0.717, 1.165) is 5.57 Å². The van der Waals surface area contributed by atoms with Crippen molar-refractivity contribution in [3.8, 4) is 17.5 Å². The molecular formula is C21H23N3O6. The van der Waals surface area contributed by atoms with Gasteiger partial charge in [0.15, 0.2) is 5.75 Å². The molecule has 2 atom stereocenters. The van der Waals surface area contributed by atoms with Crippen molar-refractivity contribution in [1.29, 1.82) is 0 Å². The zero-order valence-corrected chi connectivity index (χ0v) is 17.0. The van der Waals surface area contributed by atoms with Crippen LogP contribution in [-0.2, 0) is 17.8 Å². The fourth-order valence-corrected chi connectivity index (χ4v) is 4.51. The van der Waals surface area contributed by atoms with Gasteiger partial charge in [0.2, 0.25) is 17.7 Å². The maximum atomic E-state index is 13.3. The van der Waals surface area contributed by atoms with Crippen LogP contribution < -0.4 is 4.74 Å². The van der Waals surface area contributed by atoms with Gasteiger partial charge in [-0.1, -0.05) is 17.7 Å². The summed E-state index contributed by atoms with van der Waals surface area (Å²) in [6.45, 7) is 6.21. The molecule has 4 rings (SSSR count). The molecule has 0 saturated carbocycles. The Labute approximate surface area is 172 Å². The lowest BCUT2D eigenvalue weighted by atomic mass is 9.86. The van der Waals surface area contributed by atoms with Gasteiger partial charge in [-0.3, -0.25) is 19.5 Å². The molecule has 30 heavy (non-hydrogen) atoms. The summed E-state index contributed by atoms with van der Waals surface area (Å²) >= 11 is 0. The van der Waals surface area contributed by atoms with Gasteiger partial charge in [-0.2, -0.15) is 0 Å². The fourth-order valence-electron chi connectivity index (χ4n) is 4.51. The predicted molar refractivity (Wildman–Crippen MR) is 107 cm³/mol. The molecule has 0 unspecified atom stereocenters. The summed E-state index contributed by atoms with van der Waals surface area (Å²) in [6, 6.07) is 5.28. The van der Waals surface area contributed by atoms with Crippen molar-refractivity contribution in [2.45, 2.75) is 45.4 Å². The number of amides is 1. The molecule has 1 amide bonds. The van der Waals surface area contributed by atoms with E-state index in [9.17, 15) is 25.1 Å². The zero-order chi connectivity index (χ0) is 21.8. The summed E-state index contributed by atoms with van der Waals surface area (Å²) in [7, 11) is 0. The lowest BCUT2D eigenvalue weighted by molar-refractivity contribution is -0.384. The first kappa shape index (κ1) is 19.8. The first-order valence-corrected chi connectivity index (χ1v) is 9.70. The third-order valence-corrected chi connectivity index (χ3v) is 5.74. The Morgan fingerprint density at radius 3 is 2.57 bits per heavy atom. The van der Waals surface area contributed by atoms with Crippen molar-refractivity contribution < 1.29 is 24.7 Å². The van der Waals surface area contributed by atoms with Gasteiger partial charge in [0.05, 0.1) is 16.9 Å². The van der Waals surface area contributed by atoms with E-state index in [2.05, 4.69) is 0 Å². The van der Waals surface area contributed by atoms with Crippen LogP contribution in [0.15, 0.2) is 35.9 Å². The van der Waals surface area contributed by atoms with Crippen LogP contribution >= 0.6 is 0 Å². The monoisotopic (exact) mass is 413 g/mol. The normalized spacial score (nSPS) is 22.2. The summed E-state index contributed by atoms with van der Waals surface area (Å²) in [4.78, 5) is 25.3. The third kappa shape index (κ3) is 2.89. The molecule has 1 aromatic carbocycles. The summed E-state index contributed by atoms with van der Waals surface area (Å²) in [5.41, 5.74) is 1.03. The van der Waals surface area contributed by atoms with Gasteiger partial charge in [-0.05, 0) is 32.4 Å². The summed E-state index contributed by atoms with van der Waals surface area (Å²) < 4.78 is 7.40. The lowest BCUT2D eigenvalue weighted by Gasteiger charge is -2.41. The number of ether oxygens (including phenoxy) is 1. The van der Waals surface area contributed by atoms with Crippen molar-refractivity contribution in [3.05, 3.63) is 57.2 Å². The highest BCUT2D eigenvalue weighted by Gasteiger charge is 2.54. The van der Waals surface area contributed by atoms with Gasteiger partial charge in [0.25, 0.3) is 5.69 Å². The standard InChI is InChI=1S/C21H23N3O6/c1-4-22-19(26)16-17(20(22)27)30-21(3)10-12(2)11-23(18(16)21)15(25)9-13-5-7-14(8-6-13)24(28)29/h5-8,10,18,26-27H,4,9,11H2,1-3H3/t18-,21-/m0/s1. The molecular weight excluding hydrogens is 390 g/mol. The molecule has 9 heteroatoms. The van der Waals surface area contributed by atoms with Crippen molar-refractivity contribution in [1.82, 2.24) is 9.47 Å². The van der Waals surface area contributed by atoms with E-state index in [-0.39, 0.29) is 35.5 Å². The molecule has 0 bridgehead atoms. The largest absolute Gasteiger partial charge is 0.494 e. The van der Waals surface area contributed by atoms with Crippen LogP contribution in [0.2, 0.25) is 0 Å². The number of rotatable bonds is 4. The second-order valence-electron chi connectivity index (χ2n) is 7.94. The van der Waals surface area contributed by atoms with Gasteiger partial charge in [-0.15, -0.1) is 0 Å². The minimum Gasteiger partial charge on any atom is -0.494 e. The Morgan fingerprint density at radius 2 is 1.97 bits per heavy atom. The molecule has 9 nitrogen and oxygen atoms in total. The molecule has 3 heterocycles. The molecule has 0 saturated heterocycles. The van der Waals surface area contributed by atoms with Crippen LogP contribution in [0.4, 0.5) is 5.69 Å². The van der Waals surface area contributed by atoms with Gasteiger partial charge in [-0.25, -0.2) is 0 Å². The van der Waals surface area contributed by atoms with Crippen LogP contribution in [0.25, 0.3) is 0 Å². The van der Waals surface area contributed by atoms with E-state index in [4.69, 9.17) is 4.74 Å². The molecule has 0 radical (unpaired) electrons. The predicted octanol–water partition coefficient (Wildman–Crippen LogP) is 3.05. The average molecular weight is 413 g/mol. The number of aromatic nitrogens is 1. The molecule has 2 N–H and O–H groups in total. The van der Waals surface area contributed by atoms with Crippen LogP contribution in [0.3, 0.4) is 0 Å². The van der Waals surface area contributed by atoms with E-state index >= 15 is 0 Å². The van der Waals surface area contributed by atoms with Crippen LogP contribution in [-0.4, -0.2) is 42.7 Å². The molecule has 2 aliphatic heterocycles. The second kappa shape index (κ2) is 6.79. The highest BCUT2D eigenvalue weighted by atomic mass is 16.6. The van der Waals surface area contributed by atoms with Crippen molar-refractivity contribution in [3.63, 3.8) is 0 Å². The molecule has 2 aromatic rings. The first-order chi connectivity index (χ1) is 14.2. The number of nitro benzene ring substituents is 1. The highest BCUT2D eigenvalue weighted by molar-refractivity contribution is 5.81. The van der Waals surface area contributed by atoms with Crippen molar-refractivity contribution >= 4 is 11.6 Å². The maximum absolute atomic E-state index is 13.3. The molecule has 158 valence electrons. The number of benzene rings is 1. The molecule has 2 aliphatic rings. The SMILES string of the molecule is CCn1c(O)c2c(c1O)[C@@H]1N(C(=O)Cc3ccc([N+](=O)[O-])cc3)CC(C)=C[C@]1(C)O2. The van der Waals surface area contributed by atoms with E-state index in [1.54, 1.807) is 24.0 Å². The van der Waals surface area contributed by atoms with Gasteiger partial charge in [0.1, 0.15) is 11.6 Å². The Balaban J connectivity index is 1.70. The van der Waals surface area contributed by atoms with Crippen LogP contribution in [0, 0.1) is 10.1 Å². The highest BCUT2D eigenvalue weighted by Crippen LogP contribution is 2.58. The molecule has 1 aromatic heterocycles. The van der Waals surface area contributed by atoms with Crippen LogP contribution in [0.5, 0.6) is 17.5 Å². The van der Waals surface area contributed by atoms with Crippen molar-refractivity contribution in [2.24, 2.45) is 0 Å². The van der Waals surface area contributed by atoms with E-state index < -0.39 is 16.6 Å². The minimum absolute atomic E-state index is 0.0364. The second-order valence-corrected chi connectivity index (χ2v) is 7.94. The number of hydrogen-bond acceptors (Lipinski definition) is 6. The smallest absolute Gasteiger partial charge is 0.269 e. The van der Waals surface area contributed by atoms with Gasteiger partial charge >= 0.3 is 0 Å². The molecule has 0 aliphatic carbocycles. The Morgan fingerprint density at radius 1 is 1.30 bits per heavy atom. The first-order valence-electron chi connectivity index (χ1n) is 9.70. The van der Waals surface area contributed by atoms with Crippen molar-refractivity contribution in [2.75, 3.05) is 6.54 Å². The number of hydrogen-bond donors (Lipinski definition) is 2. The number of carbonyl (C=O) groups is 1.